The topological polar surface area (TPSA) is 9.23 Å². The van der Waals surface area contributed by atoms with Gasteiger partial charge in [0.25, 0.3) is 0 Å². The summed E-state index contributed by atoms with van der Waals surface area (Å²) in [5, 5.41) is 0. The first-order valence-corrected chi connectivity index (χ1v) is 5.04. The largest absolute Gasteiger partial charge is 1.00 e. The molecule has 22 heavy (non-hydrogen) atoms. The second kappa shape index (κ2) is 14.3. The van der Waals surface area contributed by atoms with Crippen LogP contribution in [0.15, 0.2) is 0 Å². The SMILES string of the molecule is COCC1CC1.F[B-](F)(F)F.F[B-](F)(F)F.F[B-](F)(F)F.[H-].[K+]. The van der Waals surface area contributed by atoms with Crippen molar-refractivity contribution >= 4 is 21.8 Å². The molecule has 1 rings (SSSR count). The first-order valence-electron chi connectivity index (χ1n) is 5.04. The van der Waals surface area contributed by atoms with Gasteiger partial charge in [0.2, 0.25) is 0 Å². The van der Waals surface area contributed by atoms with Crippen LogP contribution in [-0.2, 0) is 4.74 Å². The van der Waals surface area contributed by atoms with Gasteiger partial charge in [0.05, 0.1) is 0 Å². The van der Waals surface area contributed by atoms with Gasteiger partial charge in [-0.25, -0.2) is 0 Å². The van der Waals surface area contributed by atoms with Crippen LogP contribution >= 0.6 is 0 Å². The maximum atomic E-state index is 9.75. The minimum atomic E-state index is -6.00. The van der Waals surface area contributed by atoms with Crippen LogP contribution in [0, 0.1) is 5.92 Å². The fraction of sp³-hybridized carbons (Fsp3) is 1.00. The van der Waals surface area contributed by atoms with Gasteiger partial charge < -0.3 is 58.0 Å². The van der Waals surface area contributed by atoms with Crippen molar-refractivity contribution in [2.24, 2.45) is 5.92 Å². The smallest absolute Gasteiger partial charge is 1.00 e. The molecule has 0 unspecified atom stereocenters. The standard InChI is InChI=1S/C5H10O.3BF4.K.H/c1-6-4-5-2-3-5;3*2-1(3,4)5;;/h5H,2-4H2,1H3;;;;;/q;3*-1;+1;-1. The zero-order valence-electron chi connectivity index (χ0n) is 12.4. The van der Waals surface area contributed by atoms with Crippen LogP contribution in [0.3, 0.4) is 0 Å². The first kappa shape index (κ1) is 30.8. The fourth-order valence-electron chi connectivity index (χ4n) is 0.520. The van der Waals surface area contributed by atoms with Crippen LogP contribution in [0.2, 0.25) is 0 Å². The third kappa shape index (κ3) is 173. The van der Waals surface area contributed by atoms with Gasteiger partial charge in [0, 0.05) is 13.7 Å². The quantitative estimate of drug-likeness (QED) is 0.521. The molecule has 17 heteroatoms. The molecule has 0 atom stereocenters. The van der Waals surface area contributed by atoms with E-state index in [0.717, 1.165) is 12.5 Å². The molecule has 1 aliphatic carbocycles. The van der Waals surface area contributed by atoms with E-state index in [-0.39, 0.29) is 52.8 Å². The average molecular weight is 387 g/mol. The third-order valence-electron chi connectivity index (χ3n) is 1.10. The van der Waals surface area contributed by atoms with E-state index in [0.29, 0.717) is 0 Å². The second-order valence-corrected chi connectivity index (χ2v) is 3.38. The predicted molar refractivity (Wildman–Crippen MR) is 56.3 cm³/mol. The summed E-state index contributed by atoms with van der Waals surface area (Å²) in [6, 6.07) is 0. The van der Waals surface area contributed by atoms with Crippen LogP contribution in [0.5, 0.6) is 0 Å². The molecular weight excluding hydrogens is 376 g/mol. The molecule has 0 bridgehead atoms. The van der Waals surface area contributed by atoms with Crippen molar-refractivity contribution in [1.29, 1.82) is 0 Å². The molecule has 0 heterocycles. The Morgan fingerprint density at radius 1 is 0.727 bits per heavy atom. The molecule has 0 aliphatic heterocycles. The Labute approximate surface area is 162 Å². The molecule has 134 valence electrons. The molecule has 0 N–H and O–H groups in total. The van der Waals surface area contributed by atoms with E-state index in [1.165, 1.54) is 12.8 Å². The number of halogens is 12. The van der Waals surface area contributed by atoms with Gasteiger partial charge in [0.15, 0.2) is 0 Å². The van der Waals surface area contributed by atoms with Crippen LogP contribution in [0.1, 0.15) is 14.3 Å². The number of rotatable bonds is 2. The van der Waals surface area contributed by atoms with Gasteiger partial charge in [-0.15, -0.1) is 0 Å². The minimum absolute atomic E-state index is 0. The van der Waals surface area contributed by atoms with Gasteiger partial charge in [-0.05, 0) is 18.8 Å². The third-order valence-corrected chi connectivity index (χ3v) is 1.10. The van der Waals surface area contributed by atoms with Crippen LogP contribution < -0.4 is 51.4 Å². The van der Waals surface area contributed by atoms with Crippen molar-refractivity contribution in [3.8, 4) is 0 Å². The Bertz CT molecular complexity index is 198. The van der Waals surface area contributed by atoms with Crippen molar-refractivity contribution in [3.63, 3.8) is 0 Å². The molecular formula is C5H11B3F12KO-3. The van der Waals surface area contributed by atoms with Crippen LogP contribution in [0.25, 0.3) is 0 Å². The number of hydrogen-bond donors (Lipinski definition) is 0. The number of methoxy groups -OCH3 is 1. The zero-order chi connectivity index (χ0) is 17.9. The van der Waals surface area contributed by atoms with Gasteiger partial charge in [-0.1, -0.05) is 0 Å². The van der Waals surface area contributed by atoms with Crippen LogP contribution in [-0.4, -0.2) is 35.5 Å². The zero-order valence-corrected chi connectivity index (χ0v) is 14.5. The molecule has 0 aromatic rings. The van der Waals surface area contributed by atoms with E-state index in [9.17, 15) is 51.8 Å². The van der Waals surface area contributed by atoms with Gasteiger partial charge in [-0.3, -0.25) is 0 Å². The van der Waals surface area contributed by atoms with Gasteiger partial charge >= 0.3 is 73.1 Å². The van der Waals surface area contributed by atoms with Crippen LogP contribution in [0.4, 0.5) is 51.8 Å². The molecule has 0 spiro atoms. The Morgan fingerprint density at radius 2 is 0.909 bits per heavy atom. The Hall–Kier alpha value is 0.951. The maximum Gasteiger partial charge on any atom is 1.00 e. The summed E-state index contributed by atoms with van der Waals surface area (Å²) in [5.74, 6) is 0.926. The average Bonchev–Trinajstić information content (AvgIpc) is 2.77. The van der Waals surface area contributed by atoms with E-state index >= 15 is 0 Å². The first-order chi connectivity index (χ1) is 8.93. The molecule has 0 amide bonds. The molecule has 1 aliphatic rings. The molecule has 0 aromatic heterocycles. The summed E-state index contributed by atoms with van der Waals surface area (Å²) in [7, 11) is -16.2. The molecule has 1 nitrogen and oxygen atoms in total. The maximum absolute atomic E-state index is 9.75. The second-order valence-electron chi connectivity index (χ2n) is 3.38. The van der Waals surface area contributed by atoms with Crippen molar-refractivity contribution in [1.82, 2.24) is 0 Å². The summed E-state index contributed by atoms with van der Waals surface area (Å²) in [6.45, 7) is 0.986. The summed E-state index contributed by atoms with van der Waals surface area (Å²) in [5.41, 5.74) is 0. The number of ether oxygens (including phenoxy) is 1. The van der Waals surface area contributed by atoms with Crippen molar-refractivity contribution in [2.75, 3.05) is 13.7 Å². The summed E-state index contributed by atoms with van der Waals surface area (Å²) in [4.78, 5) is 0. The predicted octanol–water partition coefficient (Wildman–Crippen LogP) is 2.06. The summed E-state index contributed by atoms with van der Waals surface area (Å²) >= 11 is 0. The van der Waals surface area contributed by atoms with E-state index < -0.39 is 21.8 Å². The van der Waals surface area contributed by atoms with E-state index in [1.54, 1.807) is 7.11 Å². The van der Waals surface area contributed by atoms with Crippen molar-refractivity contribution in [3.05, 3.63) is 0 Å². The van der Waals surface area contributed by atoms with Gasteiger partial charge in [-0.2, -0.15) is 0 Å². The normalized spacial score (nSPS) is 14.0. The fourth-order valence-corrected chi connectivity index (χ4v) is 0.520. The molecule has 1 fully saturated rings. The molecule has 0 aromatic carbocycles. The Balaban J connectivity index is -0.0000000612. The number of hydrogen-bond acceptors (Lipinski definition) is 1. The molecule has 0 saturated heterocycles. The van der Waals surface area contributed by atoms with E-state index in [4.69, 9.17) is 4.74 Å². The van der Waals surface area contributed by atoms with Crippen molar-refractivity contribution in [2.45, 2.75) is 12.8 Å². The molecule has 0 radical (unpaired) electrons. The molecule has 1 saturated carbocycles. The van der Waals surface area contributed by atoms with E-state index in [1.807, 2.05) is 0 Å². The monoisotopic (exact) mass is 387 g/mol. The van der Waals surface area contributed by atoms with E-state index in [2.05, 4.69) is 0 Å². The minimum Gasteiger partial charge on any atom is -1.00 e. The summed E-state index contributed by atoms with van der Waals surface area (Å²) < 4.78 is 122. The summed E-state index contributed by atoms with van der Waals surface area (Å²) in [6.07, 6.45) is 2.79. The van der Waals surface area contributed by atoms with Gasteiger partial charge in [0.1, 0.15) is 0 Å². The van der Waals surface area contributed by atoms with Crippen molar-refractivity contribution < 1.29 is 109 Å². The Kier molecular flexibility index (Phi) is 20.0. The Morgan fingerprint density at radius 3 is 0.955 bits per heavy atom.